The first kappa shape index (κ1) is 16.2. The van der Waals surface area contributed by atoms with Crippen molar-refractivity contribution in [2.45, 2.75) is 26.9 Å². The van der Waals surface area contributed by atoms with Gasteiger partial charge in [-0.1, -0.05) is 13.8 Å². The van der Waals surface area contributed by atoms with Crippen LogP contribution in [0.15, 0.2) is 16.5 Å². The summed E-state index contributed by atoms with van der Waals surface area (Å²) in [6, 6.07) is 3.27. The van der Waals surface area contributed by atoms with E-state index in [1.165, 1.54) is 4.90 Å². The Balaban J connectivity index is 2.76. The second-order valence-electron chi connectivity index (χ2n) is 4.99. The molecule has 0 fully saturated rings. The number of carbonyl (C=O) groups is 2. The Hall–Kier alpha value is -1.82. The second-order valence-corrected chi connectivity index (χ2v) is 4.99. The smallest absolute Gasteiger partial charge is 0.305 e. The molecule has 0 aromatic carbocycles. The molecular weight excluding hydrogens is 262 g/mol. The third kappa shape index (κ3) is 5.05. The van der Waals surface area contributed by atoms with Crippen molar-refractivity contribution in [1.29, 1.82) is 0 Å². The SMILES string of the molecule is COCc1ccc(C(=O)N(CCC(=O)O)CC(C)C)o1. The van der Waals surface area contributed by atoms with Crippen molar-refractivity contribution in [2.75, 3.05) is 20.2 Å². The monoisotopic (exact) mass is 283 g/mol. The minimum absolute atomic E-state index is 0.0793. The summed E-state index contributed by atoms with van der Waals surface area (Å²) in [7, 11) is 1.54. The van der Waals surface area contributed by atoms with Crippen LogP contribution in [0.25, 0.3) is 0 Å². The zero-order chi connectivity index (χ0) is 15.1. The number of amides is 1. The van der Waals surface area contributed by atoms with Gasteiger partial charge >= 0.3 is 5.97 Å². The van der Waals surface area contributed by atoms with Gasteiger partial charge in [0.05, 0.1) is 6.42 Å². The Morgan fingerprint density at radius 1 is 1.40 bits per heavy atom. The van der Waals surface area contributed by atoms with E-state index in [0.29, 0.717) is 18.9 Å². The molecule has 0 spiro atoms. The van der Waals surface area contributed by atoms with Crippen LogP contribution in [0.2, 0.25) is 0 Å². The molecule has 0 aliphatic heterocycles. The fourth-order valence-electron chi connectivity index (χ4n) is 1.82. The van der Waals surface area contributed by atoms with Crippen LogP contribution in [-0.2, 0) is 16.1 Å². The van der Waals surface area contributed by atoms with E-state index in [4.69, 9.17) is 14.3 Å². The molecule has 1 N–H and O–H groups in total. The molecule has 6 heteroatoms. The fraction of sp³-hybridized carbons (Fsp3) is 0.571. The van der Waals surface area contributed by atoms with Gasteiger partial charge in [-0.05, 0) is 18.1 Å². The highest BCUT2D eigenvalue weighted by Gasteiger charge is 2.20. The lowest BCUT2D eigenvalue weighted by Gasteiger charge is -2.22. The van der Waals surface area contributed by atoms with Crippen LogP contribution in [0, 0.1) is 5.92 Å². The van der Waals surface area contributed by atoms with E-state index in [1.807, 2.05) is 13.8 Å². The summed E-state index contributed by atoms with van der Waals surface area (Å²) in [5.41, 5.74) is 0. The summed E-state index contributed by atoms with van der Waals surface area (Å²) in [4.78, 5) is 24.5. The summed E-state index contributed by atoms with van der Waals surface area (Å²) in [5, 5.41) is 8.74. The third-order valence-electron chi connectivity index (χ3n) is 2.63. The Kier molecular flexibility index (Phi) is 6.24. The van der Waals surface area contributed by atoms with E-state index in [2.05, 4.69) is 0 Å². The number of hydrogen-bond donors (Lipinski definition) is 1. The highest BCUT2D eigenvalue weighted by Crippen LogP contribution is 2.13. The van der Waals surface area contributed by atoms with Gasteiger partial charge in [0.15, 0.2) is 5.76 Å². The molecule has 1 rings (SSSR count). The van der Waals surface area contributed by atoms with Crippen molar-refractivity contribution >= 4 is 11.9 Å². The number of ether oxygens (including phenoxy) is 1. The zero-order valence-corrected chi connectivity index (χ0v) is 12.1. The molecule has 0 unspecified atom stereocenters. The van der Waals surface area contributed by atoms with E-state index in [0.717, 1.165) is 0 Å². The number of carboxylic acid groups (broad SMARTS) is 1. The molecule has 20 heavy (non-hydrogen) atoms. The Morgan fingerprint density at radius 3 is 2.65 bits per heavy atom. The van der Waals surface area contributed by atoms with Crippen molar-refractivity contribution < 1.29 is 23.8 Å². The minimum Gasteiger partial charge on any atom is -0.481 e. The van der Waals surface area contributed by atoms with E-state index < -0.39 is 5.97 Å². The van der Waals surface area contributed by atoms with Crippen LogP contribution in [0.4, 0.5) is 0 Å². The van der Waals surface area contributed by atoms with Gasteiger partial charge in [-0.25, -0.2) is 0 Å². The molecule has 1 aromatic heterocycles. The number of aliphatic carboxylic acids is 1. The summed E-state index contributed by atoms with van der Waals surface area (Å²) < 4.78 is 10.3. The third-order valence-corrected chi connectivity index (χ3v) is 2.63. The highest BCUT2D eigenvalue weighted by atomic mass is 16.5. The van der Waals surface area contributed by atoms with Gasteiger partial charge in [0.2, 0.25) is 0 Å². The van der Waals surface area contributed by atoms with Crippen LogP contribution in [-0.4, -0.2) is 42.1 Å². The lowest BCUT2D eigenvalue weighted by Crippen LogP contribution is -2.35. The van der Waals surface area contributed by atoms with E-state index >= 15 is 0 Å². The molecular formula is C14H21NO5. The summed E-state index contributed by atoms with van der Waals surface area (Å²) >= 11 is 0. The predicted octanol–water partition coefficient (Wildman–Crippen LogP) is 2.00. The molecule has 0 aliphatic rings. The molecule has 0 aliphatic carbocycles. The lowest BCUT2D eigenvalue weighted by atomic mass is 10.2. The van der Waals surface area contributed by atoms with Crippen LogP contribution in [0.1, 0.15) is 36.6 Å². The van der Waals surface area contributed by atoms with Gasteiger partial charge in [-0.3, -0.25) is 9.59 Å². The number of rotatable bonds is 8. The maximum absolute atomic E-state index is 12.3. The molecule has 1 amide bonds. The number of carbonyl (C=O) groups excluding carboxylic acids is 1. The number of carboxylic acids is 1. The van der Waals surface area contributed by atoms with E-state index in [9.17, 15) is 9.59 Å². The normalized spacial score (nSPS) is 10.8. The van der Waals surface area contributed by atoms with Crippen LogP contribution in [0.5, 0.6) is 0 Å². The summed E-state index contributed by atoms with van der Waals surface area (Å²) in [6.07, 6.45) is -0.0793. The van der Waals surface area contributed by atoms with Crippen LogP contribution in [0.3, 0.4) is 0 Å². The maximum atomic E-state index is 12.3. The van der Waals surface area contributed by atoms with E-state index in [1.54, 1.807) is 19.2 Å². The van der Waals surface area contributed by atoms with E-state index in [-0.39, 0.29) is 30.6 Å². The van der Waals surface area contributed by atoms with Crippen molar-refractivity contribution in [3.63, 3.8) is 0 Å². The van der Waals surface area contributed by atoms with Gasteiger partial charge < -0.3 is 19.2 Å². The topological polar surface area (TPSA) is 80.0 Å². The quantitative estimate of drug-likeness (QED) is 0.789. The molecule has 0 atom stereocenters. The fourth-order valence-corrected chi connectivity index (χ4v) is 1.82. The van der Waals surface area contributed by atoms with Crippen molar-refractivity contribution in [3.8, 4) is 0 Å². The molecule has 6 nitrogen and oxygen atoms in total. The van der Waals surface area contributed by atoms with Gasteiger partial charge in [-0.15, -0.1) is 0 Å². The van der Waals surface area contributed by atoms with Gasteiger partial charge in [0.1, 0.15) is 12.4 Å². The first-order valence-electron chi connectivity index (χ1n) is 6.52. The average molecular weight is 283 g/mol. The number of methoxy groups -OCH3 is 1. The molecule has 0 saturated heterocycles. The predicted molar refractivity (Wildman–Crippen MR) is 72.4 cm³/mol. The van der Waals surface area contributed by atoms with Gasteiger partial charge in [0, 0.05) is 20.2 Å². The number of nitrogens with zero attached hydrogens (tertiary/aromatic N) is 1. The first-order valence-corrected chi connectivity index (χ1v) is 6.52. The van der Waals surface area contributed by atoms with Crippen molar-refractivity contribution in [1.82, 2.24) is 4.90 Å². The average Bonchev–Trinajstić information content (AvgIpc) is 2.82. The number of hydrogen-bond acceptors (Lipinski definition) is 4. The Morgan fingerprint density at radius 2 is 2.10 bits per heavy atom. The molecule has 0 radical (unpaired) electrons. The summed E-state index contributed by atoms with van der Waals surface area (Å²) in [5.74, 6) is -0.184. The summed E-state index contributed by atoms with van der Waals surface area (Å²) in [6.45, 7) is 4.91. The van der Waals surface area contributed by atoms with Gasteiger partial charge in [0.25, 0.3) is 5.91 Å². The number of furan rings is 1. The molecule has 0 saturated carbocycles. The zero-order valence-electron chi connectivity index (χ0n) is 12.1. The van der Waals surface area contributed by atoms with Crippen LogP contribution >= 0.6 is 0 Å². The lowest BCUT2D eigenvalue weighted by molar-refractivity contribution is -0.137. The highest BCUT2D eigenvalue weighted by molar-refractivity contribution is 5.91. The minimum atomic E-state index is -0.925. The molecule has 1 aromatic rings. The standard InChI is InChI=1S/C14H21NO5/c1-10(2)8-15(7-6-13(16)17)14(18)12-5-4-11(20-12)9-19-3/h4-5,10H,6-9H2,1-3H3,(H,16,17). The first-order chi connectivity index (χ1) is 9.43. The second kappa shape index (κ2) is 7.69. The van der Waals surface area contributed by atoms with Gasteiger partial charge in [-0.2, -0.15) is 0 Å². The maximum Gasteiger partial charge on any atom is 0.305 e. The molecule has 112 valence electrons. The molecule has 1 heterocycles. The van der Waals surface area contributed by atoms with Crippen molar-refractivity contribution in [2.24, 2.45) is 5.92 Å². The van der Waals surface area contributed by atoms with Crippen molar-refractivity contribution in [3.05, 3.63) is 23.7 Å². The molecule has 0 bridgehead atoms. The van der Waals surface area contributed by atoms with Crippen LogP contribution < -0.4 is 0 Å². The largest absolute Gasteiger partial charge is 0.481 e. The Bertz CT molecular complexity index is 452. The Labute approximate surface area is 118 Å².